The molecule has 0 bridgehead atoms. The second-order valence-electron chi connectivity index (χ2n) is 15.2. The predicted molar refractivity (Wildman–Crippen MR) is 203 cm³/mol. The number of carbonyl (C=O) groups is 1. The van der Waals surface area contributed by atoms with Gasteiger partial charge in [0.1, 0.15) is 19.0 Å². The molecule has 0 aliphatic carbocycles. The highest BCUT2D eigenvalue weighted by molar-refractivity contribution is 6.76. The van der Waals surface area contributed by atoms with Crippen molar-refractivity contribution in [3.8, 4) is 5.75 Å². The van der Waals surface area contributed by atoms with Gasteiger partial charge in [0.2, 0.25) is 0 Å². The van der Waals surface area contributed by atoms with Crippen molar-refractivity contribution in [3.63, 3.8) is 0 Å². The van der Waals surface area contributed by atoms with Gasteiger partial charge in [-0.25, -0.2) is 4.79 Å². The minimum absolute atomic E-state index is 0.0332. The monoisotopic (exact) mass is 970 g/mol. The van der Waals surface area contributed by atoms with Crippen molar-refractivity contribution in [2.45, 2.75) is 131 Å². The third-order valence-electron chi connectivity index (χ3n) is 10.4. The molecule has 2 aromatic carbocycles. The minimum Gasteiger partial charge on any atom is -0.489 e. The van der Waals surface area contributed by atoms with Gasteiger partial charge in [-0.1, -0.05) is 88.9 Å². The van der Waals surface area contributed by atoms with E-state index in [4.69, 9.17) is 13.9 Å². The molecule has 364 valence electrons. The maximum Gasteiger partial charge on any atom is 0.460 e. The summed E-state index contributed by atoms with van der Waals surface area (Å²) >= 11 is 0. The van der Waals surface area contributed by atoms with E-state index in [1.807, 2.05) is 0 Å². The molecule has 0 aliphatic heterocycles. The van der Waals surface area contributed by atoms with Gasteiger partial charge in [-0.05, 0) is 40.7 Å². The lowest BCUT2D eigenvalue weighted by molar-refractivity contribution is -0.461. The van der Waals surface area contributed by atoms with Crippen LogP contribution in [0.5, 0.6) is 5.75 Å². The topological polar surface area (TPSA) is 68.8 Å². The lowest BCUT2D eigenvalue weighted by Gasteiger charge is -2.44. The van der Waals surface area contributed by atoms with Crippen LogP contribution < -0.4 is 15.4 Å². The zero-order valence-electron chi connectivity index (χ0n) is 34.6. The van der Waals surface area contributed by atoms with Crippen LogP contribution in [-0.4, -0.2) is 81.3 Å². The molecule has 1 atom stereocenters. The quantitative estimate of drug-likeness (QED) is 0.0558. The highest BCUT2D eigenvalue weighted by Crippen LogP contribution is 2.64. The first kappa shape index (κ1) is 56.1. The number of benzene rings is 2. The van der Waals surface area contributed by atoms with Crippen LogP contribution >= 0.6 is 0 Å². The van der Waals surface area contributed by atoms with Crippen molar-refractivity contribution >= 4 is 14.4 Å². The summed E-state index contributed by atoms with van der Waals surface area (Å²) in [7, 11) is -4.02. The molecule has 0 heterocycles. The Labute approximate surface area is 358 Å². The van der Waals surface area contributed by atoms with Crippen molar-refractivity contribution in [3.05, 3.63) is 90.5 Å². The molecule has 2 rings (SSSR count). The summed E-state index contributed by atoms with van der Waals surface area (Å²) in [6, 6.07) is 11.4. The highest BCUT2D eigenvalue weighted by atomic mass is 28.4. The van der Waals surface area contributed by atoms with Crippen LogP contribution in [0.15, 0.2) is 73.8 Å². The van der Waals surface area contributed by atoms with E-state index in [0.29, 0.717) is 22.4 Å². The highest BCUT2D eigenvalue weighted by Gasteiger charge is 2.95. The van der Waals surface area contributed by atoms with E-state index in [1.54, 1.807) is 48.5 Å². The summed E-state index contributed by atoms with van der Waals surface area (Å²) in [6.45, 7) is 12.3. The van der Waals surface area contributed by atoms with Crippen molar-refractivity contribution in [2.75, 3.05) is 13.2 Å². The standard InChI is InChI=1S/C40H47F17N2O4Si/c1-7-13-30(58-21-27-14-9-10-15-28(27)22-59-32(60)62-23-29-16-11-12-17-31(29)61-19-8-2)24-63-64(25(3)4,26(5)6)20-18-33(41,42)34(43,44)35(45,46)36(47,48)37(49,50)38(51,52)39(53,54)40(55,56)57/h7-12,14-17,25-26,30,58H,1-2,13,18-24H2,3-6H3,(H,59,60)/t30-/m1/s1. The van der Waals surface area contributed by atoms with E-state index < -0.39 is 98.2 Å². The molecule has 0 spiro atoms. The van der Waals surface area contributed by atoms with Crippen LogP contribution in [0.3, 0.4) is 0 Å². The lowest BCUT2D eigenvalue weighted by atomic mass is 9.88. The zero-order valence-corrected chi connectivity index (χ0v) is 35.6. The molecule has 64 heavy (non-hydrogen) atoms. The van der Waals surface area contributed by atoms with Gasteiger partial charge in [-0.2, -0.15) is 74.6 Å². The molecule has 0 fully saturated rings. The summed E-state index contributed by atoms with van der Waals surface area (Å²) in [4.78, 5) is 12.6. The molecular weight excluding hydrogens is 924 g/mol. The summed E-state index contributed by atoms with van der Waals surface area (Å²) in [5.41, 5.74) is 0.0521. The van der Waals surface area contributed by atoms with Gasteiger partial charge in [0.05, 0.1) is 0 Å². The lowest BCUT2D eigenvalue weighted by Crippen LogP contribution is -2.74. The summed E-state index contributed by atoms with van der Waals surface area (Å²) < 4.78 is 254. The number of ether oxygens (including phenoxy) is 2. The summed E-state index contributed by atoms with van der Waals surface area (Å²) in [6.07, 6.45) is -8.13. The molecule has 2 N–H and O–H groups in total. The average Bonchev–Trinajstić information content (AvgIpc) is 3.19. The maximum atomic E-state index is 15.1. The second-order valence-corrected chi connectivity index (χ2v) is 20.2. The van der Waals surface area contributed by atoms with Gasteiger partial charge in [-0.3, -0.25) is 0 Å². The van der Waals surface area contributed by atoms with E-state index >= 15 is 8.78 Å². The molecule has 0 saturated carbocycles. The van der Waals surface area contributed by atoms with Crippen molar-refractivity contribution < 1.29 is 93.3 Å². The van der Waals surface area contributed by atoms with E-state index in [2.05, 4.69) is 23.8 Å². The molecule has 6 nitrogen and oxygen atoms in total. The van der Waals surface area contributed by atoms with Crippen molar-refractivity contribution in [1.29, 1.82) is 0 Å². The van der Waals surface area contributed by atoms with Crippen LogP contribution in [0.1, 0.15) is 57.2 Å². The summed E-state index contributed by atoms with van der Waals surface area (Å²) in [5.74, 6) is -56.3. The molecule has 24 heteroatoms. The number of alkyl carbamates (subject to hydrolysis) is 1. The Kier molecular flexibility index (Phi) is 18.4. The van der Waals surface area contributed by atoms with Gasteiger partial charge in [0, 0.05) is 37.7 Å². The van der Waals surface area contributed by atoms with Crippen LogP contribution in [0, 0.1) is 0 Å². The van der Waals surface area contributed by atoms with Crippen LogP contribution in [0.4, 0.5) is 79.4 Å². The number of alkyl halides is 17. The zero-order chi connectivity index (χ0) is 49.4. The van der Waals surface area contributed by atoms with E-state index in [9.17, 15) is 70.7 Å². The Balaban J connectivity index is 2.27. The number of para-hydroxylation sites is 1. The number of amides is 1. The summed E-state index contributed by atoms with van der Waals surface area (Å²) in [5, 5.41) is 5.73. The number of halogens is 17. The molecule has 0 radical (unpaired) electrons. The number of hydrogen-bond donors (Lipinski definition) is 2. The fourth-order valence-corrected chi connectivity index (χ4v) is 11.0. The number of nitrogens with one attached hydrogen (secondary N) is 2. The largest absolute Gasteiger partial charge is 0.489 e. The first-order valence-electron chi connectivity index (χ1n) is 19.1. The van der Waals surface area contributed by atoms with Gasteiger partial charge >= 0.3 is 53.7 Å². The smallest absolute Gasteiger partial charge is 0.460 e. The fraction of sp³-hybridized carbons (Fsp3) is 0.575. The Morgan fingerprint density at radius 2 is 1.12 bits per heavy atom. The predicted octanol–water partition coefficient (Wildman–Crippen LogP) is 12.9. The molecule has 0 aliphatic rings. The van der Waals surface area contributed by atoms with E-state index in [-0.39, 0.29) is 32.7 Å². The van der Waals surface area contributed by atoms with Gasteiger partial charge < -0.3 is 24.5 Å². The van der Waals surface area contributed by atoms with Gasteiger partial charge in [-0.15, -0.1) is 6.58 Å². The molecule has 2 aromatic rings. The normalized spacial score (nSPS) is 14.4. The first-order valence-corrected chi connectivity index (χ1v) is 21.4. The second kappa shape index (κ2) is 21.1. The van der Waals surface area contributed by atoms with Crippen LogP contribution in [0.2, 0.25) is 17.1 Å². The van der Waals surface area contributed by atoms with Gasteiger partial charge in [0.15, 0.2) is 8.32 Å². The Morgan fingerprint density at radius 3 is 1.61 bits per heavy atom. The SMILES string of the molecule is C=CCOc1ccccc1COC(=O)NCc1ccccc1CN[C@H](CC=C)CO[Si](CCC(F)(F)C(F)(F)C(F)(F)C(F)(F)C(F)(F)C(F)(F)C(F)(F)C(F)(F)F)(C(C)C)C(C)C. The van der Waals surface area contributed by atoms with E-state index in [1.165, 1.54) is 39.8 Å². The third-order valence-corrected chi connectivity index (χ3v) is 16.0. The average molecular weight is 971 g/mol. The Hall–Kier alpha value is -4.06. The van der Waals surface area contributed by atoms with Crippen molar-refractivity contribution in [2.24, 2.45) is 0 Å². The first-order chi connectivity index (χ1) is 29.2. The third kappa shape index (κ3) is 11.5. The molecule has 1 amide bonds. The molecule has 0 saturated heterocycles. The number of hydrogen-bond acceptors (Lipinski definition) is 5. The molecule has 0 unspecified atom stereocenters. The van der Waals surface area contributed by atoms with Crippen molar-refractivity contribution in [1.82, 2.24) is 10.6 Å². The van der Waals surface area contributed by atoms with Crippen LogP contribution in [-0.2, 0) is 28.9 Å². The fourth-order valence-electron chi connectivity index (χ4n) is 6.45. The minimum atomic E-state index is -8.69. The molecular formula is C40H47F17N2O4Si. The maximum absolute atomic E-state index is 15.1. The Bertz CT molecular complexity index is 1850. The number of carbonyl (C=O) groups excluding carboxylic acids is 1. The molecule has 0 aromatic heterocycles. The number of rotatable bonds is 26. The van der Waals surface area contributed by atoms with Crippen LogP contribution in [0.25, 0.3) is 0 Å². The Morgan fingerprint density at radius 1 is 0.656 bits per heavy atom. The van der Waals surface area contributed by atoms with Gasteiger partial charge in [0.25, 0.3) is 0 Å². The van der Waals surface area contributed by atoms with E-state index in [0.717, 1.165) is 0 Å².